The van der Waals surface area contributed by atoms with Gasteiger partial charge < -0.3 is 19.9 Å². The lowest BCUT2D eigenvalue weighted by Crippen LogP contribution is -2.56. The Balaban J connectivity index is 1.18. The Morgan fingerprint density at radius 1 is 1.20 bits per heavy atom. The zero-order valence-corrected chi connectivity index (χ0v) is 19.6. The van der Waals surface area contributed by atoms with E-state index in [2.05, 4.69) is 36.0 Å². The van der Waals surface area contributed by atoms with E-state index >= 15 is 0 Å². The van der Waals surface area contributed by atoms with Gasteiger partial charge in [-0.1, -0.05) is 23.5 Å². The number of nitrogens with one attached hydrogen (secondary N) is 2. The summed E-state index contributed by atoms with van der Waals surface area (Å²) in [4.78, 5) is 20.7. The lowest BCUT2D eigenvalue weighted by atomic mass is 10.0. The van der Waals surface area contributed by atoms with Gasteiger partial charge in [0, 0.05) is 31.9 Å². The highest BCUT2D eigenvalue weighted by atomic mass is 32.1. The number of nitrogens with zero attached hydrogens (tertiary/aromatic N) is 7. The van der Waals surface area contributed by atoms with Crippen molar-refractivity contribution in [1.82, 2.24) is 25.4 Å². The summed E-state index contributed by atoms with van der Waals surface area (Å²) in [6.07, 6.45) is 3.07. The van der Waals surface area contributed by atoms with Crippen molar-refractivity contribution in [2.24, 2.45) is 0 Å². The molecule has 2 aliphatic rings. The van der Waals surface area contributed by atoms with Crippen LogP contribution < -0.4 is 20.4 Å². The lowest BCUT2D eigenvalue weighted by Gasteiger charge is -2.40. The van der Waals surface area contributed by atoms with Gasteiger partial charge in [-0.25, -0.2) is 13.8 Å². The number of hydrogen-bond donors (Lipinski definition) is 2. The van der Waals surface area contributed by atoms with Gasteiger partial charge in [0.1, 0.15) is 0 Å². The quantitative estimate of drug-likeness (QED) is 0.473. The van der Waals surface area contributed by atoms with Crippen LogP contribution in [0, 0.1) is 0 Å². The highest BCUT2D eigenvalue weighted by Crippen LogP contribution is 2.33. The number of benzene rings is 1. The molecule has 0 saturated carbocycles. The summed E-state index contributed by atoms with van der Waals surface area (Å²) in [6.45, 7) is 0.803. The molecule has 1 amide bonds. The SMILES string of the molecule is CO[C@H](C(=O)Nc1nnc(N[C@@H]2CCN(c3nccnn3)C2)s1)c1cccc(N2CC(F)(F)C2)c1. The van der Waals surface area contributed by atoms with Crippen LogP contribution >= 0.6 is 11.3 Å². The van der Waals surface area contributed by atoms with Crippen LogP contribution in [-0.4, -0.2) is 76.5 Å². The number of anilines is 4. The molecule has 2 aliphatic heterocycles. The standard InChI is InChI=1S/C21H23F2N9O2S/c1-34-16(13-3-2-4-15(9-13)32-11-21(22,23)12-32)17(33)27-20-30-29-19(35-20)26-14-5-8-31(10-14)18-24-6-7-25-28-18/h2-4,6-7,9,14,16H,5,8,10-12H2,1H3,(H,26,29)(H,27,30,33)/t14-,16+/m1/s1. The van der Waals surface area contributed by atoms with Crippen molar-refractivity contribution >= 4 is 39.1 Å². The Hall–Kier alpha value is -3.52. The molecular weight excluding hydrogens is 480 g/mol. The van der Waals surface area contributed by atoms with E-state index in [1.165, 1.54) is 24.6 Å². The molecule has 184 valence electrons. The number of carbonyl (C=O) groups is 1. The number of amides is 1. The van der Waals surface area contributed by atoms with Crippen molar-refractivity contribution in [1.29, 1.82) is 0 Å². The third kappa shape index (κ3) is 5.27. The van der Waals surface area contributed by atoms with Gasteiger partial charge in [0.05, 0.1) is 25.5 Å². The minimum absolute atomic E-state index is 0.124. The summed E-state index contributed by atoms with van der Waals surface area (Å²) < 4.78 is 31.9. The number of aromatic nitrogens is 5. The van der Waals surface area contributed by atoms with Gasteiger partial charge in [0.15, 0.2) is 6.10 Å². The first-order valence-electron chi connectivity index (χ1n) is 11.0. The first kappa shape index (κ1) is 23.2. The Morgan fingerprint density at radius 2 is 2.03 bits per heavy atom. The minimum atomic E-state index is -2.68. The molecule has 2 fully saturated rings. The van der Waals surface area contributed by atoms with Gasteiger partial charge in [0.25, 0.3) is 11.8 Å². The van der Waals surface area contributed by atoms with Gasteiger partial charge in [-0.2, -0.15) is 5.10 Å². The van der Waals surface area contributed by atoms with Crippen molar-refractivity contribution in [3.8, 4) is 0 Å². The van der Waals surface area contributed by atoms with E-state index in [1.54, 1.807) is 35.4 Å². The Morgan fingerprint density at radius 3 is 2.77 bits per heavy atom. The second kappa shape index (κ2) is 9.62. The van der Waals surface area contributed by atoms with Crippen LogP contribution in [0.15, 0.2) is 36.7 Å². The zero-order valence-electron chi connectivity index (χ0n) is 18.8. The molecule has 0 spiro atoms. The molecule has 5 rings (SSSR count). The Kier molecular flexibility index (Phi) is 6.38. The average Bonchev–Trinajstić information content (AvgIpc) is 3.48. The highest BCUT2D eigenvalue weighted by Gasteiger charge is 2.44. The summed E-state index contributed by atoms with van der Waals surface area (Å²) in [5.41, 5.74) is 1.18. The maximum absolute atomic E-state index is 13.2. The predicted octanol–water partition coefficient (Wildman–Crippen LogP) is 2.20. The van der Waals surface area contributed by atoms with Crippen molar-refractivity contribution in [2.45, 2.75) is 24.5 Å². The smallest absolute Gasteiger partial charge is 0.282 e. The summed E-state index contributed by atoms with van der Waals surface area (Å²) in [6, 6.07) is 6.98. The van der Waals surface area contributed by atoms with Crippen LogP contribution in [0.5, 0.6) is 0 Å². The average molecular weight is 504 g/mol. The van der Waals surface area contributed by atoms with Crippen LogP contribution in [0.3, 0.4) is 0 Å². The molecule has 2 saturated heterocycles. The molecule has 3 aromatic rings. The van der Waals surface area contributed by atoms with Gasteiger partial charge in [-0.05, 0) is 24.1 Å². The summed E-state index contributed by atoms with van der Waals surface area (Å²) >= 11 is 1.21. The number of hydrogen-bond acceptors (Lipinski definition) is 11. The number of carbonyl (C=O) groups excluding carboxylic acids is 1. The third-order valence-electron chi connectivity index (χ3n) is 5.78. The topological polar surface area (TPSA) is 121 Å². The monoisotopic (exact) mass is 503 g/mol. The van der Waals surface area contributed by atoms with Gasteiger partial charge in [0.2, 0.25) is 16.2 Å². The third-order valence-corrected chi connectivity index (χ3v) is 6.55. The number of ether oxygens (including phenoxy) is 1. The molecule has 2 N–H and O–H groups in total. The molecule has 35 heavy (non-hydrogen) atoms. The van der Waals surface area contributed by atoms with E-state index < -0.39 is 17.9 Å². The molecule has 14 heteroatoms. The molecule has 0 unspecified atom stereocenters. The zero-order chi connectivity index (χ0) is 24.4. The number of alkyl halides is 2. The van der Waals surface area contributed by atoms with E-state index in [0.717, 1.165) is 13.0 Å². The molecule has 1 aromatic carbocycles. The lowest BCUT2D eigenvalue weighted by molar-refractivity contribution is -0.126. The summed E-state index contributed by atoms with van der Waals surface area (Å²) in [7, 11) is 1.42. The first-order valence-corrected chi connectivity index (χ1v) is 11.8. The molecular formula is C21H23F2N9O2S. The molecule has 2 aromatic heterocycles. The Bertz CT molecular complexity index is 1170. The van der Waals surface area contributed by atoms with Crippen LogP contribution in [0.2, 0.25) is 0 Å². The number of methoxy groups -OCH3 is 1. The fraction of sp³-hybridized carbons (Fsp3) is 0.429. The van der Waals surface area contributed by atoms with E-state index in [1.807, 2.05) is 4.90 Å². The fourth-order valence-electron chi connectivity index (χ4n) is 4.10. The second-order valence-corrected chi connectivity index (χ2v) is 9.32. The molecule has 0 aliphatic carbocycles. The van der Waals surface area contributed by atoms with Crippen molar-refractivity contribution in [2.75, 3.05) is 53.7 Å². The van der Waals surface area contributed by atoms with E-state index in [-0.39, 0.29) is 19.1 Å². The predicted molar refractivity (Wildman–Crippen MR) is 126 cm³/mol. The van der Waals surface area contributed by atoms with Crippen LogP contribution in [0.4, 0.5) is 30.7 Å². The molecule has 0 radical (unpaired) electrons. The first-order chi connectivity index (χ1) is 16.9. The summed E-state index contributed by atoms with van der Waals surface area (Å²) in [5.74, 6) is -2.53. The van der Waals surface area contributed by atoms with Crippen molar-refractivity contribution in [3.63, 3.8) is 0 Å². The summed E-state index contributed by atoms with van der Waals surface area (Å²) in [5, 5.41) is 23.0. The molecule has 11 nitrogen and oxygen atoms in total. The molecule has 2 atom stereocenters. The Labute approximate surface area is 203 Å². The van der Waals surface area contributed by atoms with E-state index in [9.17, 15) is 13.6 Å². The highest BCUT2D eigenvalue weighted by molar-refractivity contribution is 7.19. The van der Waals surface area contributed by atoms with Crippen LogP contribution in [0.25, 0.3) is 0 Å². The maximum atomic E-state index is 13.2. The van der Waals surface area contributed by atoms with Crippen molar-refractivity contribution in [3.05, 3.63) is 42.2 Å². The van der Waals surface area contributed by atoms with Crippen LogP contribution in [-0.2, 0) is 9.53 Å². The van der Waals surface area contributed by atoms with E-state index in [0.29, 0.717) is 34.0 Å². The maximum Gasteiger partial charge on any atom is 0.282 e. The van der Waals surface area contributed by atoms with Gasteiger partial charge in [-0.3, -0.25) is 10.1 Å². The fourth-order valence-corrected chi connectivity index (χ4v) is 4.82. The number of rotatable bonds is 8. The van der Waals surface area contributed by atoms with Crippen LogP contribution in [0.1, 0.15) is 18.1 Å². The second-order valence-electron chi connectivity index (χ2n) is 8.34. The number of halogens is 2. The van der Waals surface area contributed by atoms with E-state index in [4.69, 9.17) is 4.74 Å². The normalized spacial score (nSPS) is 19.8. The molecule has 4 heterocycles. The van der Waals surface area contributed by atoms with Crippen molar-refractivity contribution < 1.29 is 18.3 Å². The molecule has 0 bridgehead atoms. The minimum Gasteiger partial charge on any atom is -0.367 e. The largest absolute Gasteiger partial charge is 0.367 e. The van der Waals surface area contributed by atoms with Gasteiger partial charge in [-0.15, -0.1) is 15.3 Å². The van der Waals surface area contributed by atoms with Gasteiger partial charge >= 0.3 is 0 Å².